The van der Waals surface area contributed by atoms with Gasteiger partial charge in [-0.05, 0) is 24.6 Å². The number of aryl methyl sites for hydroxylation is 1. The Balaban J connectivity index is 2.67. The monoisotopic (exact) mass is 293 g/mol. The topological polar surface area (TPSA) is 74.1 Å². The lowest BCUT2D eigenvalue weighted by Gasteiger charge is -2.05. The van der Waals surface area contributed by atoms with Crippen molar-refractivity contribution >= 4 is 23.2 Å². The summed E-state index contributed by atoms with van der Waals surface area (Å²) in [5, 5.41) is 15.0. The maximum absolute atomic E-state index is 11.7. The Bertz CT molecular complexity index is 550. The van der Waals surface area contributed by atoms with Gasteiger partial charge in [0, 0.05) is 30.6 Å². The lowest BCUT2D eigenvalue weighted by atomic mass is 10.2. The van der Waals surface area contributed by atoms with Crippen molar-refractivity contribution in [2.24, 2.45) is 0 Å². The maximum Gasteiger partial charge on any atom is 0.263 e. The molecule has 1 aromatic rings. The lowest BCUT2D eigenvalue weighted by molar-refractivity contribution is -0.117. The molecule has 20 heavy (non-hydrogen) atoms. The summed E-state index contributed by atoms with van der Waals surface area (Å²) in [5.41, 5.74) is 1.65. The molecule has 0 heterocycles. The fraction of sp³-hybridized carbons (Fsp3) is 0.286. The van der Waals surface area contributed by atoms with Crippen LogP contribution in [-0.4, -0.2) is 26.2 Å². The van der Waals surface area contributed by atoms with E-state index in [4.69, 9.17) is 21.6 Å². The number of ether oxygens (including phenoxy) is 1. The number of hydrogen-bond donors (Lipinski definition) is 2. The zero-order valence-electron chi connectivity index (χ0n) is 11.4. The number of nitrogens with zero attached hydrogens (tertiary/aromatic N) is 1. The average molecular weight is 294 g/mol. The van der Waals surface area contributed by atoms with Crippen molar-refractivity contribution in [1.29, 1.82) is 5.26 Å². The fourth-order valence-corrected chi connectivity index (χ4v) is 1.53. The molecule has 1 aromatic carbocycles. The molecule has 5 nitrogen and oxygen atoms in total. The van der Waals surface area contributed by atoms with Gasteiger partial charge in [-0.25, -0.2) is 0 Å². The zero-order chi connectivity index (χ0) is 15.0. The number of anilines is 1. The van der Waals surface area contributed by atoms with E-state index in [1.165, 1.54) is 13.3 Å². The second kappa shape index (κ2) is 8.20. The quantitative estimate of drug-likeness (QED) is 0.479. The zero-order valence-corrected chi connectivity index (χ0v) is 12.1. The fourth-order valence-electron chi connectivity index (χ4n) is 1.35. The molecule has 0 bridgehead atoms. The third-order valence-electron chi connectivity index (χ3n) is 2.51. The molecule has 0 aliphatic heterocycles. The number of halogens is 1. The van der Waals surface area contributed by atoms with E-state index >= 15 is 0 Å². The van der Waals surface area contributed by atoms with E-state index in [1.807, 2.05) is 25.1 Å². The van der Waals surface area contributed by atoms with Crippen LogP contribution in [0.4, 0.5) is 5.69 Å². The van der Waals surface area contributed by atoms with Crippen LogP contribution in [0, 0.1) is 18.3 Å². The Morgan fingerprint density at radius 2 is 2.30 bits per heavy atom. The van der Waals surface area contributed by atoms with Crippen LogP contribution in [0.15, 0.2) is 30.0 Å². The van der Waals surface area contributed by atoms with Crippen molar-refractivity contribution in [1.82, 2.24) is 5.32 Å². The SMILES string of the molecule is COCCNC(=O)/C(C#N)=C\Nc1ccc(C)c(Cl)c1. The highest BCUT2D eigenvalue weighted by molar-refractivity contribution is 6.31. The predicted molar refractivity (Wildman–Crippen MR) is 78.4 cm³/mol. The van der Waals surface area contributed by atoms with Crippen LogP contribution in [0.5, 0.6) is 0 Å². The summed E-state index contributed by atoms with van der Waals surface area (Å²) < 4.78 is 4.81. The van der Waals surface area contributed by atoms with E-state index < -0.39 is 5.91 Å². The summed E-state index contributed by atoms with van der Waals surface area (Å²) in [7, 11) is 1.54. The molecule has 0 fully saturated rings. The highest BCUT2D eigenvalue weighted by atomic mass is 35.5. The van der Waals surface area contributed by atoms with E-state index in [-0.39, 0.29) is 5.57 Å². The Kier molecular flexibility index (Phi) is 6.57. The Morgan fingerprint density at radius 1 is 1.55 bits per heavy atom. The molecule has 0 saturated heterocycles. The number of amides is 1. The summed E-state index contributed by atoms with van der Waals surface area (Å²) in [6.45, 7) is 2.64. The molecule has 0 aromatic heterocycles. The van der Waals surface area contributed by atoms with Gasteiger partial charge >= 0.3 is 0 Å². The van der Waals surface area contributed by atoms with E-state index in [9.17, 15) is 4.79 Å². The Hall–Kier alpha value is -2.03. The van der Waals surface area contributed by atoms with Crippen LogP contribution in [0.2, 0.25) is 5.02 Å². The minimum Gasteiger partial charge on any atom is -0.383 e. The molecule has 6 heteroatoms. The molecule has 0 spiro atoms. The Labute approximate surface area is 123 Å². The molecular weight excluding hydrogens is 278 g/mol. The first kappa shape index (κ1) is 16.0. The first-order chi connectivity index (χ1) is 9.58. The van der Waals surface area contributed by atoms with E-state index in [1.54, 1.807) is 6.07 Å². The summed E-state index contributed by atoms with van der Waals surface area (Å²) in [6, 6.07) is 7.23. The molecule has 106 valence electrons. The predicted octanol–water partition coefficient (Wildman–Crippen LogP) is 2.23. The summed E-state index contributed by atoms with van der Waals surface area (Å²) in [4.78, 5) is 11.7. The van der Waals surface area contributed by atoms with Crippen molar-refractivity contribution in [3.8, 4) is 6.07 Å². The number of benzene rings is 1. The number of methoxy groups -OCH3 is 1. The van der Waals surface area contributed by atoms with Gasteiger partial charge in [-0.15, -0.1) is 0 Å². The molecule has 2 N–H and O–H groups in total. The summed E-state index contributed by atoms with van der Waals surface area (Å²) in [5.74, 6) is -0.449. The van der Waals surface area contributed by atoms with Gasteiger partial charge in [-0.1, -0.05) is 17.7 Å². The normalized spacial score (nSPS) is 10.8. The average Bonchev–Trinajstić information content (AvgIpc) is 2.43. The Morgan fingerprint density at radius 3 is 2.90 bits per heavy atom. The second-order valence-corrected chi connectivity index (χ2v) is 4.43. The smallest absolute Gasteiger partial charge is 0.263 e. The lowest BCUT2D eigenvalue weighted by Crippen LogP contribution is -2.28. The van der Waals surface area contributed by atoms with Crippen LogP contribution < -0.4 is 10.6 Å². The van der Waals surface area contributed by atoms with Gasteiger partial charge in [-0.3, -0.25) is 4.79 Å². The van der Waals surface area contributed by atoms with Gasteiger partial charge in [0.25, 0.3) is 5.91 Å². The molecule has 0 saturated carbocycles. The number of rotatable bonds is 6. The van der Waals surface area contributed by atoms with Gasteiger partial charge in [0.05, 0.1) is 6.61 Å². The van der Waals surface area contributed by atoms with Crippen molar-refractivity contribution < 1.29 is 9.53 Å². The van der Waals surface area contributed by atoms with Gasteiger partial charge < -0.3 is 15.4 Å². The molecule has 0 radical (unpaired) electrons. The molecule has 0 aliphatic rings. The van der Waals surface area contributed by atoms with Crippen molar-refractivity contribution in [2.75, 3.05) is 25.6 Å². The van der Waals surface area contributed by atoms with E-state index in [0.717, 1.165) is 5.56 Å². The van der Waals surface area contributed by atoms with Crippen LogP contribution in [0.1, 0.15) is 5.56 Å². The minimum atomic E-state index is -0.449. The molecule has 1 amide bonds. The first-order valence-electron chi connectivity index (χ1n) is 5.98. The van der Waals surface area contributed by atoms with Crippen molar-refractivity contribution in [3.05, 3.63) is 40.6 Å². The number of nitriles is 1. The summed E-state index contributed by atoms with van der Waals surface area (Å²) in [6.07, 6.45) is 1.35. The standard InChI is InChI=1S/C14H16ClN3O2/c1-10-3-4-12(7-13(10)15)18-9-11(8-16)14(19)17-5-6-20-2/h3-4,7,9,18H,5-6H2,1-2H3,(H,17,19)/b11-9-. The number of carbonyl (C=O) groups is 1. The first-order valence-corrected chi connectivity index (χ1v) is 6.36. The highest BCUT2D eigenvalue weighted by Gasteiger charge is 2.07. The number of nitrogens with one attached hydrogen (secondary N) is 2. The molecule has 0 unspecified atom stereocenters. The van der Waals surface area contributed by atoms with Gasteiger partial charge in [0.2, 0.25) is 0 Å². The molecule has 1 rings (SSSR count). The molecular formula is C14H16ClN3O2. The van der Waals surface area contributed by atoms with Crippen LogP contribution in [0.25, 0.3) is 0 Å². The van der Waals surface area contributed by atoms with Gasteiger partial charge in [0.1, 0.15) is 11.6 Å². The van der Waals surface area contributed by atoms with E-state index in [2.05, 4.69) is 10.6 Å². The molecule has 0 aliphatic carbocycles. The maximum atomic E-state index is 11.7. The van der Waals surface area contributed by atoms with Crippen molar-refractivity contribution in [3.63, 3.8) is 0 Å². The van der Waals surface area contributed by atoms with Gasteiger partial charge in [-0.2, -0.15) is 5.26 Å². The van der Waals surface area contributed by atoms with Crippen LogP contribution in [0.3, 0.4) is 0 Å². The van der Waals surface area contributed by atoms with Gasteiger partial charge in [0.15, 0.2) is 0 Å². The summed E-state index contributed by atoms with van der Waals surface area (Å²) >= 11 is 5.99. The van der Waals surface area contributed by atoms with E-state index in [0.29, 0.717) is 23.9 Å². The van der Waals surface area contributed by atoms with Crippen LogP contribution >= 0.6 is 11.6 Å². The number of carbonyl (C=O) groups excluding carboxylic acids is 1. The third-order valence-corrected chi connectivity index (χ3v) is 2.92. The number of hydrogen-bond acceptors (Lipinski definition) is 4. The van der Waals surface area contributed by atoms with Crippen LogP contribution in [-0.2, 0) is 9.53 Å². The third kappa shape index (κ3) is 4.92. The van der Waals surface area contributed by atoms with Crippen molar-refractivity contribution in [2.45, 2.75) is 6.92 Å². The highest BCUT2D eigenvalue weighted by Crippen LogP contribution is 2.20. The second-order valence-electron chi connectivity index (χ2n) is 4.03. The largest absolute Gasteiger partial charge is 0.383 e. The molecule has 0 atom stereocenters. The minimum absolute atomic E-state index is 0.0159.